The summed E-state index contributed by atoms with van der Waals surface area (Å²) in [6, 6.07) is 7.47. The third-order valence-corrected chi connectivity index (χ3v) is 3.32. The van der Waals surface area contributed by atoms with Crippen molar-refractivity contribution in [3.05, 3.63) is 24.3 Å². The van der Waals surface area contributed by atoms with Gasteiger partial charge in [-0.05, 0) is 18.6 Å². The number of amides is 1. The number of carbonyl (C=O) groups is 1. The Balaban J connectivity index is 1.70. The Hall–Kier alpha value is -1.75. The molecular weight excluding hydrogens is 232 g/mol. The Kier molecular flexibility index (Phi) is 2.83. The van der Waals surface area contributed by atoms with Gasteiger partial charge in [-0.3, -0.25) is 4.79 Å². The molecule has 0 spiro atoms. The molecule has 0 saturated carbocycles. The van der Waals surface area contributed by atoms with E-state index >= 15 is 0 Å². The molecule has 0 aromatic heterocycles. The fraction of sp³-hybridized carbons (Fsp3) is 0.462. The summed E-state index contributed by atoms with van der Waals surface area (Å²) in [7, 11) is 0. The zero-order valence-corrected chi connectivity index (χ0v) is 10.0. The minimum absolute atomic E-state index is 0.0301. The Morgan fingerprint density at radius 1 is 1.33 bits per heavy atom. The van der Waals surface area contributed by atoms with Crippen LogP contribution < -0.4 is 15.2 Å². The van der Waals surface area contributed by atoms with Crippen molar-refractivity contribution in [2.24, 2.45) is 5.73 Å². The first-order valence-electron chi connectivity index (χ1n) is 6.17. The maximum absolute atomic E-state index is 12.2. The summed E-state index contributed by atoms with van der Waals surface area (Å²) in [6.07, 6.45) is 0.306. The van der Waals surface area contributed by atoms with Crippen LogP contribution in [0.5, 0.6) is 11.5 Å². The van der Waals surface area contributed by atoms with Crippen LogP contribution in [0.25, 0.3) is 0 Å². The zero-order chi connectivity index (χ0) is 12.5. The van der Waals surface area contributed by atoms with Gasteiger partial charge in [-0.15, -0.1) is 0 Å². The van der Waals surface area contributed by atoms with Gasteiger partial charge in [0.25, 0.3) is 5.91 Å². The molecule has 0 bridgehead atoms. The van der Waals surface area contributed by atoms with E-state index in [0.29, 0.717) is 24.6 Å². The third kappa shape index (κ3) is 2.01. The molecule has 1 aromatic rings. The SMILES string of the molecule is NC1CCN(C(=O)C2COc3ccccc3O2)C1. The summed E-state index contributed by atoms with van der Waals surface area (Å²) in [4.78, 5) is 14.0. The molecule has 2 N–H and O–H groups in total. The lowest BCUT2D eigenvalue weighted by Crippen LogP contribution is -2.46. The smallest absolute Gasteiger partial charge is 0.267 e. The lowest BCUT2D eigenvalue weighted by molar-refractivity contribution is -0.140. The average molecular weight is 248 g/mol. The van der Waals surface area contributed by atoms with Gasteiger partial charge in [-0.2, -0.15) is 0 Å². The predicted octanol–water partition coefficient (Wildman–Crippen LogP) is 0.386. The van der Waals surface area contributed by atoms with Crippen molar-refractivity contribution < 1.29 is 14.3 Å². The first-order chi connectivity index (χ1) is 8.74. The molecule has 5 nitrogen and oxygen atoms in total. The summed E-state index contributed by atoms with van der Waals surface area (Å²) in [5, 5.41) is 0. The maximum atomic E-state index is 12.2. The minimum Gasteiger partial charge on any atom is -0.485 e. The van der Waals surface area contributed by atoms with Crippen molar-refractivity contribution >= 4 is 5.91 Å². The second-order valence-electron chi connectivity index (χ2n) is 4.70. The van der Waals surface area contributed by atoms with Crippen LogP contribution in [-0.4, -0.2) is 42.6 Å². The summed E-state index contributed by atoms with van der Waals surface area (Å²) < 4.78 is 11.2. The normalized spacial score (nSPS) is 26.2. The highest BCUT2D eigenvalue weighted by molar-refractivity contribution is 5.82. The number of fused-ring (bicyclic) bond motifs is 1. The van der Waals surface area contributed by atoms with Crippen LogP contribution in [0.3, 0.4) is 0 Å². The number of benzene rings is 1. The second-order valence-corrected chi connectivity index (χ2v) is 4.70. The summed E-state index contributed by atoms with van der Waals surface area (Å²) in [5.41, 5.74) is 5.80. The van der Waals surface area contributed by atoms with Gasteiger partial charge in [0.15, 0.2) is 11.5 Å². The largest absolute Gasteiger partial charge is 0.485 e. The highest BCUT2D eigenvalue weighted by Gasteiger charge is 2.33. The number of ether oxygens (including phenoxy) is 2. The van der Waals surface area contributed by atoms with Gasteiger partial charge in [-0.25, -0.2) is 0 Å². The standard InChI is InChI=1S/C13H16N2O3/c14-9-5-6-15(7-9)13(16)12-8-17-10-3-1-2-4-11(10)18-12/h1-4,9,12H,5-8,14H2. The van der Waals surface area contributed by atoms with Crippen molar-refractivity contribution in [3.8, 4) is 11.5 Å². The molecular formula is C13H16N2O3. The molecule has 18 heavy (non-hydrogen) atoms. The van der Waals surface area contributed by atoms with Gasteiger partial charge in [0.1, 0.15) is 6.61 Å². The van der Waals surface area contributed by atoms with E-state index < -0.39 is 6.10 Å². The average Bonchev–Trinajstić information content (AvgIpc) is 2.84. The van der Waals surface area contributed by atoms with Crippen LogP contribution in [0.15, 0.2) is 24.3 Å². The third-order valence-electron chi connectivity index (χ3n) is 3.32. The number of likely N-dealkylation sites (tertiary alicyclic amines) is 1. The fourth-order valence-corrected chi connectivity index (χ4v) is 2.33. The molecule has 96 valence electrons. The van der Waals surface area contributed by atoms with E-state index in [1.54, 1.807) is 4.90 Å². The molecule has 1 fully saturated rings. The van der Waals surface area contributed by atoms with E-state index in [1.165, 1.54) is 0 Å². The van der Waals surface area contributed by atoms with Crippen LogP contribution in [0.4, 0.5) is 0 Å². The van der Waals surface area contributed by atoms with Gasteiger partial charge in [0.05, 0.1) is 0 Å². The Morgan fingerprint density at radius 2 is 2.11 bits per heavy atom. The Labute approximate surface area is 105 Å². The topological polar surface area (TPSA) is 64.8 Å². The Bertz CT molecular complexity index is 463. The van der Waals surface area contributed by atoms with Gasteiger partial charge in [-0.1, -0.05) is 12.1 Å². The lowest BCUT2D eigenvalue weighted by atomic mass is 10.2. The number of nitrogens with zero attached hydrogens (tertiary/aromatic N) is 1. The molecule has 2 aliphatic rings. The van der Waals surface area contributed by atoms with Crippen molar-refractivity contribution in [1.29, 1.82) is 0 Å². The van der Waals surface area contributed by atoms with E-state index in [4.69, 9.17) is 15.2 Å². The van der Waals surface area contributed by atoms with Crippen molar-refractivity contribution in [2.75, 3.05) is 19.7 Å². The fourth-order valence-electron chi connectivity index (χ4n) is 2.33. The van der Waals surface area contributed by atoms with Crippen LogP contribution >= 0.6 is 0 Å². The number of carbonyl (C=O) groups excluding carboxylic acids is 1. The molecule has 1 saturated heterocycles. The molecule has 2 atom stereocenters. The number of para-hydroxylation sites is 2. The molecule has 1 aromatic carbocycles. The maximum Gasteiger partial charge on any atom is 0.267 e. The highest BCUT2D eigenvalue weighted by atomic mass is 16.6. The van der Waals surface area contributed by atoms with E-state index in [-0.39, 0.29) is 18.6 Å². The number of hydrogen-bond acceptors (Lipinski definition) is 4. The number of nitrogens with two attached hydrogens (primary N) is 1. The van der Waals surface area contributed by atoms with E-state index in [9.17, 15) is 4.79 Å². The summed E-state index contributed by atoms with van der Waals surface area (Å²) >= 11 is 0. The molecule has 2 heterocycles. The first kappa shape index (κ1) is 11.3. The van der Waals surface area contributed by atoms with Crippen molar-refractivity contribution in [2.45, 2.75) is 18.6 Å². The second kappa shape index (κ2) is 4.49. The van der Waals surface area contributed by atoms with E-state index in [0.717, 1.165) is 6.42 Å². The van der Waals surface area contributed by atoms with Crippen LogP contribution in [0.2, 0.25) is 0 Å². The summed E-state index contributed by atoms with van der Waals surface area (Å²) in [6.45, 7) is 1.59. The molecule has 3 rings (SSSR count). The van der Waals surface area contributed by atoms with E-state index in [2.05, 4.69) is 0 Å². The molecule has 2 aliphatic heterocycles. The van der Waals surface area contributed by atoms with Crippen LogP contribution in [0, 0.1) is 0 Å². The van der Waals surface area contributed by atoms with Crippen LogP contribution in [0.1, 0.15) is 6.42 Å². The summed E-state index contributed by atoms with van der Waals surface area (Å²) in [5.74, 6) is 1.29. The van der Waals surface area contributed by atoms with E-state index in [1.807, 2.05) is 24.3 Å². The van der Waals surface area contributed by atoms with Gasteiger partial charge in [0.2, 0.25) is 6.10 Å². The van der Waals surface area contributed by atoms with Gasteiger partial charge >= 0.3 is 0 Å². The number of hydrogen-bond donors (Lipinski definition) is 1. The molecule has 2 unspecified atom stereocenters. The van der Waals surface area contributed by atoms with Crippen molar-refractivity contribution in [3.63, 3.8) is 0 Å². The lowest BCUT2D eigenvalue weighted by Gasteiger charge is -2.28. The molecule has 5 heteroatoms. The molecule has 1 amide bonds. The highest BCUT2D eigenvalue weighted by Crippen LogP contribution is 2.31. The number of rotatable bonds is 1. The monoisotopic (exact) mass is 248 g/mol. The zero-order valence-electron chi connectivity index (χ0n) is 10.0. The predicted molar refractivity (Wildman–Crippen MR) is 65.5 cm³/mol. The molecule has 0 aliphatic carbocycles. The van der Waals surface area contributed by atoms with Crippen molar-refractivity contribution in [1.82, 2.24) is 4.90 Å². The Morgan fingerprint density at radius 3 is 2.83 bits per heavy atom. The quantitative estimate of drug-likeness (QED) is 0.780. The van der Waals surface area contributed by atoms with Gasteiger partial charge < -0.3 is 20.1 Å². The van der Waals surface area contributed by atoms with Gasteiger partial charge in [0, 0.05) is 19.1 Å². The minimum atomic E-state index is -0.551. The van der Waals surface area contributed by atoms with Crippen LogP contribution in [-0.2, 0) is 4.79 Å². The molecule has 0 radical (unpaired) electrons. The first-order valence-corrected chi connectivity index (χ1v) is 6.17.